The molecule has 0 saturated heterocycles. The quantitative estimate of drug-likeness (QED) is 0.751. The summed E-state index contributed by atoms with van der Waals surface area (Å²) in [6, 6.07) is 1.89. The van der Waals surface area contributed by atoms with Crippen molar-refractivity contribution in [1.82, 2.24) is 4.31 Å². The van der Waals surface area contributed by atoms with Crippen LogP contribution in [0.4, 0.5) is 0 Å². The molecule has 6 heteroatoms. The Bertz CT molecular complexity index is 347. The summed E-state index contributed by atoms with van der Waals surface area (Å²) in [5.74, 6) is 0. The number of sulfonamides is 1. The van der Waals surface area contributed by atoms with Gasteiger partial charge in [0.25, 0.3) is 0 Å². The van der Waals surface area contributed by atoms with Crippen molar-refractivity contribution in [3.63, 3.8) is 0 Å². The van der Waals surface area contributed by atoms with Gasteiger partial charge in [-0.25, -0.2) is 8.42 Å². The third-order valence-corrected chi connectivity index (χ3v) is 4.51. The molecule has 13 heavy (non-hydrogen) atoms. The highest BCUT2D eigenvalue weighted by molar-refractivity contribution is 7.90. The van der Waals surface area contributed by atoms with E-state index in [9.17, 15) is 8.42 Å². The summed E-state index contributed by atoms with van der Waals surface area (Å²) in [6.07, 6.45) is 0. The van der Waals surface area contributed by atoms with Crippen LogP contribution in [-0.4, -0.2) is 25.0 Å². The van der Waals surface area contributed by atoms with Crippen molar-refractivity contribution < 1.29 is 8.42 Å². The van der Waals surface area contributed by atoms with Gasteiger partial charge in [-0.15, -0.1) is 11.6 Å². The Morgan fingerprint density at radius 1 is 1.62 bits per heavy atom. The van der Waals surface area contributed by atoms with Crippen LogP contribution in [0.5, 0.6) is 0 Å². The summed E-state index contributed by atoms with van der Waals surface area (Å²) >= 11 is 6.85. The van der Waals surface area contributed by atoms with E-state index in [1.807, 2.05) is 16.8 Å². The highest BCUT2D eigenvalue weighted by Gasteiger charge is 2.16. The van der Waals surface area contributed by atoms with Crippen LogP contribution >= 0.6 is 22.9 Å². The molecular weight excluding hydrogens is 230 g/mol. The minimum atomic E-state index is -3.27. The molecule has 3 nitrogen and oxygen atoms in total. The first-order valence-electron chi connectivity index (χ1n) is 3.57. The third kappa shape index (κ3) is 2.95. The molecule has 0 spiro atoms. The molecule has 0 bridgehead atoms. The van der Waals surface area contributed by atoms with Crippen LogP contribution in [0.2, 0.25) is 0 Å². The molecule has 0 amide bonds. The molecule has 1 aromatic rings. The fraction of sp³-hybridized carbons (Fsp3) is 0.429. The molecule has 0 unspecified atom stereocenters. The zero-order valence-electron chi connectivity index (χ0n) is 7.10. The van der Waals surface area contributed by atoms with Gasteiger partial charge in [0.2, 0.25) is 10.0 Å². The largest absolute Gasteiger partial charge is 0.228 e. The molecule has 0 aliphatic carbocycles. The molecule has 0 aliphatic rings. The van der Waals surface area contributed by atoms with Gasteiger partial charge in [0.15, 0.2) is 0 Å². The average Bonchev–Trinajstić information content (AvgIpc) is 2.57. The number of thiophene rings is 1. The van der Waals surface area contributed by atoms with E-state index in [4.69, 9.17) is 11.6 Å². The topological polar surface area (TPSA) is 37.4 Å². The lowest BCUT2D eigenvalue weighted by molar-refractivity contribution is 0.471. The first-order valence-corrected chi connectivity index (χ1v) is 6.66. The van der Waals surface area contributed by atoms with Crippen LogP contribution in [0.25, 0.3) is 0 Å². The van der Waals surface area contributed by atoms with E-state index in [1.54, 1.807) is 11.3 Å². The summed E-state index contributed by atoms with van der Waals surface area (Å²) in [7, 11) is -1.75. The van der Waals surface area contributed by atoms with Gasteiger partial charge in [-0.2, -0.15) is 15.6 Å². The van der Waals surface area contributed by atoms with E-state index < -0.39 is 10.0 Å². The zero-order chi connectivity index (χ0) is 9.90. The van der Waals surface area contributed by atoms with Crippen molar-refractivity contribution in [1.29, 1.82) is 0 Å². The Morgan fingerprint density at radius 2 is 2.31 bits per heavy atom. The Labute approximate surface area is 87.0 Å². The molecule has 0 radical (unpaired) electrons. The standard InChI is InChI=1S/C7H10ClNO2S2/c1-9(13(10,11)6-8)4-7-2-3-12-5-7/h2-3,5H,4,6H2,1H3. The predicted molar refractivity (Wildman–Crippen MR) is 55.4 cm³/mol. The van der Waals surface area contributed by atoms with Crippen LogP contribution in [0.15, 0.2) is 16.8 Å². The first kappa shape index (κ1) is 11.0. The minimum Gasteiger partial charge on any atom is -0.211 e. The van der Waals surface area contributed by atoms with Gasteiger partial charge in [-0.1, -0.05) is 0 Å². The number of hydrogen-bond donors (Lipinski definition) is 0. The van der Waals surface area contributed by atoms with E-state index in [0.29, 0.717) is 6.54 Å². The van der Waals surface area contributed by atoms with Gasteiger partial charge < -0.3 is 0 Å². The van der Waals surface area contributed by atoms with Gasteiger partial charge in [-0.05, 0) is 22.4 Å². The predicted octanol–water partition coefficient (Wildman–Crippen LogP) is 1.71. The molecule has 0 aliphatic heterocycles. The second-order valence-electron chi connectivity index (χ2n) is 2.61. The van der Waals surface area contributed by atoms with Crippen LogP contribution in [0.1, 0.15) is 5.56 Å². The monoisotopic (exact) mass is 239 g/mol. The lowest BCUT2D eigenvalue weighted by Gasteiger charge is -2.13. The fourth-order valence-corrected chi connectivity index (χ4v) is 2.49. The summed E-state index contributed by atoms with van der Waals surface area (Å²) in [4.78, 5) is 0. The summed E-state index contributed by atoms with van der Waals surface area (Å²) in [5, 5.41) is 3.46. The zero-order valence-corrected chi connectivity index (χ0v) is 9.49. The lowest BCUT2D eigenvalue weighted by Crippen LogP contribution is -2.26. The highest BCUT2D eigenvalue weighted by atomic mass is 35.5. The Kier molecular flexibility index (Phi) is 3.73. The Morgan fingerprint density at radius 3 is 2.77 bits per heavy atom. The van der Waals surface area contributed by atoms with Crippen molar-refractivity contribution >= 4 is 33.0 Å². The number of alkyl halides is 1. The van der Waals surface area contributed by atoms with Gasteiger partial charge >= 0.3 is 0 Å². The van der Waals surface area contributed by atoms with Gasteiger partial charge in [0, 0.05) is 13.6 Å². The lowest BCUT2D eigenvalue weighted by atomic mass is 10.3. The summed E-state index contributed by atoms with van der Waals surface area (Å²) in [5.41, 5.74) is 0.987. The van der Waals surface area contributed by atoms with Crippen molar-refractivity contribution in [2.45, 2.75) is 6.54 Å². The van der Waals surface area contributed by atoms with E-state index in [1.165, 1.54) is 11.4 Å². The number of nitrogens with zero attached hydrogens (tertiary/aromatic N) is 1. The SMILES string of the molecule is CN(Cc1ccsc1)S(=O)(=O)CCl. The average molecular weight is 240 g/mol. The fourth-order valence-electron chi connectivity index (χ4n) is 0.821. The molecule has 0 N–H and O–H groups in total. The maximum atomic E-state index is 11.2. The second kappa shape index (κ2) is 4.41. The third-order valence-electron chi connectivity index (χ3n) is 1.60. The molecule has 1 aromatic heterocycles. The normalized spacial score (nSPS) is 12.2. The van der Waals surface area contributed by atoms with Crippen molar-refractivity contribution in [3.05, 3.63) is 22.4 Å². The molecule has 0 fully saturated rings. The van der Waals surface area contributed by atoms with Gasteiger partial charge in [0.1, 0.15) is 5.21 Å². The number of halogens is 1. The Balaban J connectivity index is 2.66. The maximum Gasteiger partial charge on any atom is 0.228 e. The van der Waals surface area contributed by atoms with Crippen LogP contribution < -0.4 is 0 Å². The van der Waals surface area contributed by atoms with E-state index >= 15 is 0 Å². The smallest absolute Gasteiger partial charge is 0.211 e. The van der Waals surface area contributed by atoms with E-state index in [-0.39, 0.29) is 5.21 Å². The van der Waals surface area contributed by atoms with E-state index in [2.05, 4.69) is 0 Å². The van der Waals surface area contributed by atoms with Gasteiger partial charge in [-0.3, -0.25) is 0 Å². The highest BCUT2D eigenvalue weighted by Crippen LogP contribution is 2.11. The molecular formula is C7H10ClNO2S2. The van der Waals surface area contributed by atoms with Crippen LogP contribution in [0.3, 0.4) is 0 Å². The van der Waals surface area contributed by atoms with Crippen LogP contribution in [0, 0.1) is 0 Å². The summed E-state index contributed by atoms with van der Waals surface area (Å²) < 4.78 is 23.7. The second-order valence-corrected chi connectivity index (χ2v) is 6.05. The molecule has 0 aromatic carbocycles. The van der Waals surface area contributed by atoms with Crippen LogP contribution in [-0.2, 0) is 16.6 Å². The van der Waals surface area contributed by atoms with Crippen molar-refractivity contribution in [2.24, 2.45) is 0 Å². The Hall–Kier alpha value is -0.100. The molecule has 0 saturated carbocycles. The van der Waals surface area contributed by atoms with E-state index in [0.717, 1.165) is 5.56 Å². The number of rotatable bonds is 4. The maximum absolute atomic E-state index is 11.2. The molecule has 1 rings (SSSR count). The van der Waals surface area contributed by atoms with Crippen molar-refractivity contribution in [2.75, 3.05) is 12.3 Å². The van der Waals surface area contributed by atoms with Gasteiger partial charge in [0.05, 0.1) is 0 Å². The first-order chi connectivity index (χ1) is 6.06. The molecule has 1 heterocycles. The molecule has 0 atom stereocenters. The van der Waals surface area contributed by atoms with Crippen molar-refractivity contribution in [3.8, 4) is 0 Å². The number of hydrogen-bond acceptors (Lipinski definition) is 3. The summed E-state index contributed by atoms with van der Waals surface area (Å²) in [6.45, 7) is 0.387. The molecule has 74 valence electrons. The minimum absolute atomic E-state index is 0.367.